The van der Waals surface area contributed by atoms with Crippen LogP contribution in [0, 0.1) is 6.92 Å². The standard InChI is InChI=1S/C17H17NO3/c1-12-8-9-15(14(10-12)17(20)21-2)18-16(19)11-13-6-4-3-5-7-13/h3-10H,11H2,1-2H3,(H,18,19). The summed E-state index contributed by atoms with van der Waals surface area (Å²) in [5.41, 5.74) is 2.67. The summed E-state index contributed by atoms with van der Waals surface area (Å²) < 4.78 is 4.74. The van der Waals surface area contributed by atoms with Crippen molar-refractivity contribution in [3.05, 3.63) is 65.2 Å². The van der Waals surface area contributed by atoms with E-state index in [4.69, 9.17) is 4.74 Å². The second-order valence-electron chi connectivity index (χ2n) is 4.75. The predicted octanol–water partition coefficient (Wildman–Crippen LogP) is 2.96. The third-order valence-corrected chi connectivity index (χ3v) is 3.06. The number of rotatable bonds is 4. The van der Waals surface area contributed by atoms with Gasteiger partial charge in [-0.15, -0.1) is 0 Å². The minimum Gasteiger partial charge on any atom is -0.465 e. The number of aryl methyl sites for hydroxylation is 1. The molecule has 1 amide bonds. The number of amides is 1. The molecule has 2 aromatic rings. The number of hydrogen-bond acceptors (Lipinski definition) is 3. The summed E-state index contributed by atoms with van der Waals surface area (Å²) >= 11 is 0. The Kier molecular flexibility index (Phi) is 4.72. The Bertz CT molecular complexity index is 650. The molecule has 0 aliphatic rings. The highest BCUT2D eigenvalue weighted by Crippen LogP contribution is 2.18. The van der Waals surface area contributed by atoms with Crippen molar-refractivity contribution in [3.63, 3.8) is 0 Å². The molecule has 0 spiro atoms. The van der Waals surface area contributed by atoms with Crippen molar-refractivity contribution in [1.82, 2.24) is 0 Å². The topological polar surface area (TPSA) is 55.4 Å². The van der Waals surface area contributed by atoms with Gasteiger partial charge in [0.25, 0.3) is 0 Å². The molecule has 0 bridgehead atoms. The first-order chi connectivity index (χ1) is 10.1. The SMILES string of the molecule is COC(=O)c1cc(C)ccc1NC(=O)Cc1ccccc1. The van der Waals surface area contributed by atoms with E-state index in [1.807, 2.05) is 43.3 Å². The molecule has 4 nitrogen and oxygen atoms in total. The van der Waals surface area contributed by atoms with E-state index in [1.54, 1.807) is 12.1 Å². The molecule has 108 valence electrons. The third kappa shape index (κ3) is 3.92. The fraction of sp³-hybridized carbons (Fsp3) is 0.176. The van der Waals surface area contributed by atoms with Crippen LogP contribution in [0.5, 0.6) is 0 Å². The summed E-state index contributed by atoms with van der Waals surface area (Å²) in [6.45, 7) is 1.88. The Labute approximate surface area is 123 Å². The van der Waals surface area contributed by atoms with Crippen LogP contribution in [0.2, 0.25) is 0 Å². The molecule has 0 atom stereocenters. The molecular formula is C17H17NO3. The first-order valence-corrected chi connectivity index (χ1v) is 6.63. The molecule has 21 heavy (non-hydrogen) atoms. The number of esters is 1. The van der Waals surface area contributed by atoms with Gasteiger partial charge in [0, 0.05) is 0 Å². The molecular weight excluding hydrogens is 266 g/mol. The minimum atomic E-state index is -0.464. The molecule has 0 saturated heterocycles. The van der Waals surface area contributed by atoms with Gasteiger partial charge in [-0.05, 0) is 24.6 Å². The summed E-state index contributed by atoms with van der Waals surface area (Å²) in [7, 11) is 1.32. The van der Waals surface area contributed by atoms with E-state index in [0.29, 0.717) is 11.3 Å². The van der Waals surface area contributed by atoms with Crippen molar-refractivity contribution in [1.29, 1.82) is 0 Å². The number of carbonyl (C=O) groups is 2. The van der Waals surface area contributed by atoms with E-state index in [2.05, 4.69) is 5.32 Å². The molecule has 0 aromatic heterocycles. The minimum absolute atomic E-state index is 0.171. The monoisotopic (exact) mass is 283 g/mol. The zero-order valence-corrected chi connectivity index (χ0v) is 12.1. The molecule has 2 aromatic carbocycles. The largest absolute Gasteiger partial charge is 0.465 e. The van der Waals surface area contributed by atoms with Gasteiger partial charge in [-0.1, -0.05) is 42.0 Å². The fourth-order valence-corrected chi connectivity index (χ4v) is 2.02. The average molecular weight is 283 g/mol. The van der Waals surface area contributed by atoms with Gasteiger partial charge in [-0.3, -0.25) is 4.79 Å². The van der Waals surface area contributed by atoms with E-state index in [9.17, 15) is 9.59 Å². The van der Waals surface area contributed by atoms with E-state index >= 15 is 0 Å². The maximum absolute atomic E-state index is 12.1. The Morgan fingerprint density at radius 3 is 2.48 bits per heavy atom. The Hall–Kier alpha value is -2.62. The summed E-state index contributed by atoms with van der Waals surface area (Å²) in [6, 6.07) is 14.7. The highest BCUT2D eigenvalue weighted by Gasteiger charge is 2.14. The zero-order chi connectivity index (χ0) is 15.2. The summed E-state index contributed by atoms with van der Waals surface area (Å²) in [5, 5.41) is 2.76. The number of carbonyl (C=O) groups excluding carboxylic acids is 2. The van der Waals surface area contributed by atoms with Gasteiger partial charge in [-0.2, -0.15) is 0 Å². The molecule has 2 rings (SSSR count). The maximum atomic E-state index is 12.1. The average Bonchev–Trinajstić information content (AvgIpc) is 2.49. The van der Waals surface area contributed by atoms with Crippen LogP contribution in [0.3, 0.4) is 0 Å². The highest BCUT2D eigenvalue weighted by molar-refractivity contribution is 6.01. The zero-order valence-electron chi connectivity index (χ0n) is 12.1. The number of methoxy groups -OCH3 is 1. The van der Waals surface area contributed by atoms with Gasteiger partial charge in [-0.25, -0.2) is 4.79 Å². The number of hydrogen-bond donors (Lipinski definition) is 1. The van der Waals surface area contributed by atoms with Crippen LogP contribution in [0.25, 0.3) is 0 Å². The second-order valence-corrected chi connectivity index (χ2v) is 4.75. The maximum Gasteiger partial charge on any atom is 0.339 e. The number of anilines is 1. The molecule has 4 heteroatoms. The molecule has 0 radical (unpaired) electrons. The van der Waals surface area contributed by atoms with Crippen LogP contribution >= 0.6 is 0 Å². The Balaban J connectivity index is 2.15. The van der Waals surface area contributed by atoms with Gasteiger partial charge in [0.05, 0.1) is 24.8 Å². The lowest BCUT2D eigenvalue weighted by Gasteiger charge is -2.10. The summed E-state index contributed by atoms with van der Waals surface area (Å²) in [5.74, 6) is -0.635. The molecule has 0 aliphatic carbocycles. The van der Waals surface area contributed by atoms with Crippen molar-refractivity contribution in [2.24, 2.45) is 0 Å². The van der Waals surface area contributed by atoms with E-state index in [1.165, 1.54) is 7.11 Å². The van der Waals surface area contributed by atoms with Crippen LogP contribution in [0.1, 0.15) is 21.5 Å². The predicted molar refractivity (Wildman–Crippen MR) is 81.3 cm³/mol. The van der Waals surface area contributed by atoms with Crippen molar-refractivity contribution in [2.75, 3.05) is 12.4 Å². The van der Waals surface area contributed by atoms with Crippen LogP contribution in [-0.4, -0.2) is 19.0 Å². The first kappa shape index (κ1) is 14.8. The van der Waals surface area contributed by atoms with Crippen LogP contribution in [-0.2, 0) is 16.0 Å². The quantitative estimate of drug-likeness (QED) is 0.878. The van der Waals surface area contributed by atoms with E-state index < -0.39 is 5.97 Å². The van der Waals surface area contributed by atoms with Crippen molar-refractivity contribution in [2.45, 2.75) is 13.3 Å². The Morgan fingerprint density at radius 2 is 1.81 bits per heavy atom. The Morgan fingerprint density at radius 1 is 1.10 bits per heavy atom. The first-order valence-electron chi connectivity index (χ1n) is 6.63. The van der Waals surface area contributed by atoms with Crippen LogP contribution in [0.4, 0.5) is 5.69 Å². The molecule has 0 unspecified atom stereocenters. The smallest absolute Gasteiger partial charge is 0.339 e. The molecule has 0 fully saturated rings. The fourth-order valence-electron chi connectivity index (χ4n) is 2.02. The van der Waals surface area contributed by atoms with Gasteiger partial charge >= 0.3 is 5.97 Å². The molecule has 0 saturated carbocycles. The third-order valence-electron chi connectivity index (χ3n) is 3.06. The normalized spacial score (nSPS) is 10.0. The van der Waals surface area contributed by atoms with Crippen LogP contribution in [0.15, 0.2) is 48.5 Å². The van der Waals surface area contributed by atoms with Crippen molar-refractivity contribution in [3.8, 4) is 0 Å². The second kappa shape index (κ2) is 6.70. The van der Waals surface area contributed by atoms with Crippen molar-refractivity contribution < 1.29 is 14.3 Å². The molecule has 0 heterocycles. The van der Waals surface area contributed by atoms with Gasteiger partial charge < -0.3 is 10.1 Å². The summed E-state index contributed by atoms with van der Waals surface area (Å²) in [6.07, 6.45) is 0.259. The molecule has 0 aliphatic heterocycles. The van der Waals surface area contributed by atoms with Gasteiger partial charge in [0.1, 0.15) is 0 Å². The lowest BCUT2D eigenvalue weighted by atomic mass is 10.1. The lowest BCUT2D eigenvalue weighted by molar-refractivity contribution is -0.115. The van der Waals surface area contributed by atoms with Crippen LogP contribution < -0.4 is 5.32 Å². The van der Waals surface area contributed by atoms with E-state index in [-0.39, 0.29) is 12.3 Å². The van der Waals surface area contributed by atoms with E-state index in [0.717, 1.165) is 11.1 Å². The summed E-state index contributed by atoms with van der Waals surface area (Å²) in [4.78, 5) is 23.8. The number of nitrogens with one attached hydrogen (secondary N) is 1. The van der Waals surface area contributed by atoms with Crippen molar-refractivity contribution >= 4 is 17.6 Å². The van der Waals surface area contributed by atoms with Gasteiger partial charge in [0.2, 0.25) is 5.91 Å². The highest BCUT2D eigenvalue weighted by atomic mass is 16.5. The molecule has 1 N–H and O–H groups in total. The lowest BCUT2D eigenvalue weighted by Crippen LogP contribution is -2.17. The van der Waals surface area contributed by atoms with Gasteiger partial charge in [0.15, 0.2) is 0 Å². The number of ether oxygens (including phenoxy) is 1. The number of benzene rings is 2.